The van der Waals surface area contributed by atoms with Crippen molar-refractivity contribution in [2.45, 2.75) is 13.5 Å². The number of nitrogens with two attached hydrogens (primary N) is 1. The quantitative estimate of drug-likeness (QED) is 0.797. The van der Waals surface area contributed by atoms with Crippen molar-refractivity contribution in [2.24, 2.45) is 0 Å². The predicted molar refractivity (Wildman–Crippen MR) is 75.0 cm³/mol. The molecular formula is C13H11N5OS. The lowest BCUT2D eigenvalue weighted by molar-refractivity contribution is 0.571. The van der Waals surface area contributed by atoms with Gasteiger partial charge in [0.05, 0.1) is 17.1 Å². The zero-order chi connectivity index (χ0) is 14.1. The molecule has 0 atom stereocenters. The molecule has 6 nitrogen and oxygen atoms in total. The van der Waals surface area contributed by atoms with E-state index in [1.54, 1.807) is 29.2 Å². The van der Waals surface area contributed by atoms with Crippen LogP contribution in [-0.2, 0) is 6.54 Å². The molecule has 0 fully saturated rings. The van der Waals surface area contributed by atoms with Gasteiger partial charge in [-0.15, -0.1) is 11.3 Å². The van der Waals surface area contributed by atoms with Crippen molar-refractivity contribution in [3.8, 4) is 16.8 Å². The number of nitrogens with zero attached hydrogens (tertiary/aromatic N) is 4. The summed E-state index contributed by atoms with van der Waals surface area (Å²) in [6.45, 7) is 2.13. The first kappa shape index (κ1) is 12.4. The third kappa shape index (κ3) is 2.06. The second kappa shape index (κ2) is 4.83. The lowest BCUT2D eigenvalue weighted by Gasteiger charge is -1.99. The summed E-state index contributed by atoms with van der Waals surface area (Å²) in [5, 5.41) is 15.2. The summed E-state index contributed by atoms with van der Waals surface area (Å²) >= 11 is 1.56. The molecule has 0 saturated heterocycles. The molecule has 0 aliphatic rings. The van der Waals surface area contributed by atoms with Gasteiger partial charge in [0.15, 0.2) is 0 Å². The lowest BCUT2D eigenvalue weighted by Crippen LogP contribution is -2.06. The number of nitriles is 1. The number of anilines is 1. The minimum atomic E-state index is 0.352. The fraction of sp³-hybridized carbons (Fsp3) is 0.154. The molecule has 0 bridgehead atoms. The average molecular weight is 285 g/mol. The summed E-state index contributed by atoms with van der Waals surface area (Å²) in [4.78, 5) is 5.37. The van der Waals surface area contributed by atoms with Crippen LogP contribution in [0.4, 0.5) is 5.82 Å². The van der Waals surface area contributed by atoms with Crippen molar-refractivity contribution < 1.29 is 4.42 Å². The molecule has 3 aromatic rings. The molecule has 100 valence electrons. The van der Waals surface area contributed by atoms with E-state index in [4.69, 9.17) is 15.4 Å². The highest BCUT2D eigenvalue weighted by Gasteiger charge is 2.14. The molecule has 2 N–H and O–H groups in total. The van der Waals surface area contributed by atoms with Gasteiger partial charge in [-0.2, -0.15) is 10.4 Å². The molecule has 3 heterocycles. The molecule has 0 amide bonds. The molecule has 0 aliphatic carbocycles. The van der Waals surface area contributed by atoms with Crippen LogP contribution in [0.2, 0.25) is 0 Å². The lowest BCUT2D eigenvalue weighted by atomic mass is 10.3. The van der Waals surface area contributed by atoms with Crippen molar-refractivity contribution in [3.63, 3.8) is 0 Å². The first-order valence-corrected chi connectivity index (χ1v) is 6.78. The van der Waals surface area contributed by atoms with Crippen molar-refractivity contribution in [1.29, 1.82) is 5.26 Å². The van der Waals surface area contributed by atoms with E-state index in [9.17, 15) is 0 Å². The first-order valence-electron chi connectivity index (χ1n) is 5.90. The van der Waals surface area contributed by atoms with Crippen molar-refractivity contribution in [2.75, 3.05) is 5.73 Å². The zero-order valence-electron chi connectivity index (χ0n) is 10.7. The molecule has 0 aromatic carbocycles. The fourth-order valence-corrected chi connectivity index (χ4v) is 2.56. The Balaban J connectivity index is 1.88. The molecule has 0 aliphatic heterocycles. The second-order valence-corrected chi connectivity index (χ2v) is 5.18. The Labute approximate surface area is 119 Å². The van der Waals surface area contributed by atoms with Crippen LogP contribution >= 0.6 is 11.3 Å². The smallest absolute Gasteiger partial charge is 0.236 e. The van der Waals surface area contributed by atoms with Gasteiger partial charge in [-0.05, 0) is 18.4 Å². The molecule has 3 rings (SSSR count). The zero-order valence-corrected chi connectivity index (χ0v) is 11.5. The topological polar surface area (TPSA) is 93.7 Å². The molecule has 7 heteroatoms. The van der Waals surface area contributed by atoms with Gasteiger partial charge in [-0.1, -0.05) is 6.07 Å². The number of rotatable bonds is 3. The highest BCUT2D eigenvalue weighted by Crippen LogP contribution is 2.24. The van der Waals surface area contributed by atoms with Gasteiger partial charge < -0.3 is 10.2 Å². The van der Waals surface area contributed by atoms with Crippen LogP contribution in [0, 0.1) is 18.3 Å². The van der Waals surface area contributed by atoms with Crippen LogP contribution in [0.5, 0.6) is 0 Å². The Kier molecular flexibility index (Phi) is 3.00. The first-order chi connectivity index (χ1) is 9.69. The van der Waals surface area contributed by atoms with Crippen molar-refractivity contribution >= 4 is 17.2 Å². The van der Waals surface area contributed by atoms with Crippen LogP contribution < -0.4 is 5.73 Å². The summed E-state index contributed by atoms with van der Waals surface area (Å²) in [5.74, 6) is 0.934. The maximum Gasteiger partial charge on any atom is 0.236 e. The van der Waals surface area contributed by atoms with E-state index < -0.39 is 0 Å². The number of hydrogen-bond acceptors (Lipinski definition) is 6. The van der Waals surface area contributed by atoms with E-state index in [0.717, 1.165) is 4.88 Å². The van der Waals surface area contributed by atoms with E-state index in [1.165, 1.54) is 0 Å². The Bertz CT molecular complexity index is 778. The van der Waals surface area contributed by atoms with Gasteiger partial charge in [0.2, 0.25) is 5.89 Å². The third-order valence-corrected chi connectivity index (χ3v) is 3.73. The van der Waals surface area contributed by atoms with E-state index in [1.807, 2.05) is 23.6 Å². The molecule has 0 radical (unpaired) electrons. The van der Waals surface area contributed by atoms with Crippen LogP contribution in [0.3, 0.4) is 0 Å². The van der Waals surface area contributed by atoms with E-state index in [2.05, 4.69) is 10.1 Å². The van der Waals surface area contributed by atoms with Gasteiger partial charge in [-0.3, -0.25) is 0 Å². The van der Waals surface area contributed by atoms with E-state index >= 15 is 0 Å². The summed E-state index contributed by atoms with van der Waals surface area (Å²) < 4.78 is 7.00. The SMILES string of the molecule is Cc1nn(Cc2coc(-c3cccs3)n2)c(N)c1C#N. The number of nitrogen functional groups attached to an aromatic ring is 1. The number of aromatic nitrogens is 3. The van der Waals surface area contributed by atoms with Crippen molar-refractivity contribution in [3.05, 3.63) is 40.7 Å². The molecule has 0 unspecified atom stereocenters. The fourth-order valence-electron chi connectivity index (χ4n) is 1.90. The largest absolute Gasteiger partial charge is 0.443 e. The third-order valence-electron chi connectivity index (χ3n) is 2.87. The van der Waals surface area contributed by atoms with Gasteiger partial charge in [0, 0.05) is 0 Å². The highest BCUT2D eigenvalue weighted by atomic mass is 32.1. The predicted octanol–water partition coefficient (Wildman–Crippen LogP) is 2.41. The molecule has 0 spiro atoms. The average Bonchev–Trinajstić information content (AvgIpc) is 3.12. The van der Waals surface area contributed by atoms with Crippen molar-refractivity contribution in [1.82, 2.24) is 14.8 Å². The summed E-state index contributed by atoms with van der Waals surface area (Å²) in [6, 6.07) is 5.93. The molecule has 3 aromatic heterocycles. The van der Waals surface area contributed by atoms with E-state index in [0.29, 0.717) is 35.2 Å². The highest BCUT2D eigenvalue weighted by molar-refractivity contribution is 7.13. The van der Waals surface area contributed by atoms with E-state index in [-0.39, 0.29) is 0 Å². The minimum absolute atomic E-state index is 0.352. The molecular weight excluding hydrogens is 274 g/mol. The molecule has 0 saturated carbocycles. The van der Waals surface area contributed by atoms with Gasteiger partial charge >= 0.3 is 0 Å². The van der Waals surface area contributed by atoms with Crippen LogP contribution in [0.15, 0.2) is 28.2 Å². The van der Waals surface area contributed by atoms with Crippen LogP contribution in [0.25, 0.3) is 10.8 Å². The number of thiophene rings is 1. The van der Waals surface area contributed by atoms with Gasteiger partial charge in [-0.25, -0.2) is 9.67 Å². The Morgan fingerprint density at radius 1 is 1.55 bits per heavy atom. The summed E-state index contributed by atoms with van der Waals surface area (Å²) in [5.41, 5.74) is 7.63. The van der Waals surface area contributed by atoms with Crippen LogP contribution in [0.1, 0.15) is 17.0 Å². The van der Waals surface area contributed by atoms with Gasteiger partial charge in [0.1, 0.15) is 29.4 Å². The summed E-state index contributed by atoms with van der Waals surface area (Å²) in [7, 11) is 0. The summed E-state index contributed by atoms with van der Waals surface area (Å²) in [6.07, 6.45) is 1.58. The Morgan fingerprint density at radius 2 is 2.40 bits per heavy atom. The minimum Gasteiger partial charge on any atom is -0.443 e. The number of hydrogen-bond donors (Lipinski definition) is 1. The number of oxazole rings is 1. The second-order valence-electron chi connectivity index (χ2n) is 4.24. The Hall–Kier alpha value is -2.59. The van der Waals surface area contributed by atoms with Crippen LogP contribution in [-0.4, -0.2) is 14.8 Å². The normalized spacial score (nSPS) is 10.6. The van der Waals surface area contributed by atoms with Gasteiger partial charge in [0.25, 0.3) is 0 Å². The Morgan fingerprint density at radius 3 is 3.05 bits per heavy atom. The molecule has 20 heavy (non-hydrogen) atoms. The monoisotopic (exact) mass is 285 g/mol. The standard InChI is InChI=1S/C13H11N5OS/c1-8-10(5-14)12(15)18(17-8)6-9-7-19-13(16-9)11-3-2-4-20-11/h2-4,7H,6,15H2,1H3. The maximum absolute atomic E-state index is 8.99. The maximum atomic E-state index is 8.99. The number of aryl methyl sites for hydroxylation is 1.